The number of nitrogens with one attached hydrogen (secondary N) is 1. The van der Waals surface area contributed by atoms with Crippen LogP contribution in [0.3, 0.4) is 0 Å². The van der Waals surface area contributed by atoms with Crippen molar-refractivity contribution in [1.82, 2.24) is 4.90 Å². The van der Waals surface area contributed by atoms with Crippen LogP contribution in [0, 0.1) is 0 Å². The fraction of sp³-hybridized carbons (Fsp3) is 0.353. The molecule has 4 rings (SSSR count). The predicted octanol–water partition coefficient (Wildman–Crippen LogP) is -0.467. The zero-order valence-electron chi connectivity index (χ0n) is 15.3. The lowest BCUT2D eigenvalue weighted by molar-refractivity contribution is -0.365. The molecule has 0 spiro atoms. The third-order valence-electron chi connectivity index (χ3n) is 4.96. The summed E-state index contributed by atoms with van der Waals surface area (Å²) in [6, 6.07) is 3.19. The standard InChI is InChI=1S/C17H19BN3O7S/c19-17-20-10(8-29-17)5-13(22)21-6-11(7-21)27-12-2-1-9-3-4-18(25,26)28-15(9)14(12)16(23)24/h1-2,8,11,25-26H,3-7H2,(H2,19,20)(H,23,24)/q-1/p+1. The Labute approximate surface area is 169 Å². The van der Waals surface area contributed by atoms with E-state index in [0.29, 0.717) is 30.2 Å². The first-order valence-electron chi connectivity index (χ1n) is 9.10. The van der Waals surface area contributed by atoms with E-state index in [0.717, 1.165) is 5.69 Å². The summed E-state index contributed by atoms with van der Waals surface area (Å²) in [6.07, 6.45) is 0.122. The second-order valence-corrected chi connectivity index (χ2v) is 8.12. The van der Waals surface area contributed by atoms with Gasteiger partial charge in [-0.15, -0.1) is 0 Å². The van der Waals surface area contributed by atoms with E-state index in [4.69, 9.17) is 15.1 Å². The van der Waals surface area contributed by atoms with Crippen molar-refractivity contribution in [3.63, 3.8) is 0 Å². The maximum absolute atomic E-state index is 12.3. The average molecular weight is 421 g/mol. The summed E-state index contributed by atoms with van der Waals surface area (Å²) in [5, 5.41) is 31.5. The smallest absolute Gasteiger partial charge is 0.430 e. The van der Waals surface area contributed by atoms with Crippen LogP contribution in [0.25, 0.3) is 0 Å². The Morgan fingerprint density at radius 3 is 2.79 bits per heavy atom. The van der Waals surface area contributed by atoms with Crippen LogP contribution in [-0.4, -0.2) is 57.9 Å². The predicted molar refractivity (Wildman–Crippen MR) is 103 cm³/mol. The Morgan fingerprint density at radius 2 is 2.14 bits per heavy atom. The topological polar surface area (TPSA) is 157 Å². The highest BCUT2D eigenvalue weighted by atomic mass is 32.1. The van der Waals surface area contributed by atoms with Crippen molar-refractivity contribution in [3.8, 4) is 11.5 Å². The second kappa shape index (κ2) is 7.21. The number of H-pyrrole nitrogens is 1. The number of ether oxygens (including phenoxy) is 1. The molecule has 2 aromatic rings. The summed E-state index contributed by atoms with van der Waals surface area (Å²) in [5.74, 6) is -1.38. The van der Waals surface area contributed by atoms with Crippen molar-refractivity contribution in [3.05, 3.63) is 34.3 Å². The van der Waals surface area contributed by atoms with Gasteiger partial charge in [0.05, 0.1) is 25.3 Å². The highest BCUT2D eigenvalue weighted by Crippen LogP contribution is 2.38. The molecule has 1 aromatic heterocycles. The summed E-state index contributed by atoms with van der Waals surface area (Å²) in [7, 11) is 0. The number of hydrogen-bond donors (Lipinski definition) is 4. The fourth-order valence-electron chi connectivity index (χ4n) is 3.44. The zero-order valence-corrected chi connectivity index (χ0v) is 16.1. The number of amides is 1. The number of likely N-dealkylation sites (tertiary alicyclic amines) is 1. The summed E-state index contributed by atoms with van der Waals surface area (Å²) in [5.41, 5.74) is 6.69. The average Bonchev–Trinajstić information content (AvgIpc) is 3.00. The molecule has 0 radical (unpaired) electrons. The fourth-order valence-corrected chi connectivity index (χ4v) is 4.04. The van der Waals surface area contributed by atoms with E-state index in [1.54, 1.807) is 16.3 Å². The molecule has 2 aliphatic heterocycles. The molecule has 6 N–H and O–H groups in total. The number of nitrogens with two attached hydrogens (primary N) is 1. The summed E-state index contributed by atoms with van der Waals surface area (Å²) in [4.78, 5) is 28.6. The number of nitrogens with zero attached hydrogens (tertiary/aromatic N) is 1. The van der Waals surface area contributed by atoms with Gasteiger partial charge in [0.25, 0.3) is 0 Å². The summed E-state index contributed by atoms with van der Waals surface area (Å²) < 4.78 is 10.9. The number of carboxylic acid groups (broad SMARTS) is 1. The molecule has 3 heterocycles. The van der Waals surface area contributed by atoms with Crippen LogP contribution in [0.1, 0.15) is 21.6 Å². The van der Waals surface area contributed by atoms with Crippen LogP contribution in [0.4, 0.5) is 5.13 Å². The molecule has 10 nitrogen and oxygen atoms in total. The Balaban J connectivity index is 1.43. The largest absolute Gasteiger partial charge is 0.669 e. The number of carbonyl (C=O) groups is 2. The number of thiazole rings is 1. The zero-order chi connectivity index (χ0) is 20.8. The first kappa shape index (κ1) is 19.5. The number of carbonyl (C=O) groups excluding carboxylic acids is 1. The molecular weight excluding hydrogens is 401 g/mol. The molecule has 1 aromatic carbocycles. The quantitative estimate of drug-likeness (QED) is 0.472. The summed E-state index contributed by atoms with van der Waals surface area (Å²) >= 11 is 1.33. The lowest BCUT2D eigenvalue weighted by atomic mass is 9.70. The molecule has 1 fully saturated rings. The van der Waals surface area contributed by atoms with E-state index < -0.39 is 12.7 Å². The SMILES string of the molecule is Nc1[nH+]c(CC(=O)N2CC(Oc3ccc4c(c3C(=O)O)O[B-](O)(O)CC4)C2)cs1. The lowest BCUT2D eigenvalue weighted by Crippen LogP contribution is -2.56. The van der Waals surface area contributed by atoms with Crippen molar-refractivity contribution >= 4 is 35.1 Å². The van der Waals surface area contributed by atoms with Gasteiger partial charge in [0.15, 0.2) is 0 Å². The van der Waals surface area contributed by atoms with Gasteiger partial charge in [-0.2, -0.15) is 0 Å². The Bertz CT molecular complexity index is 974. The highest BCUT2D eigenvalue weighted by molar-refractivity contribution is 7.13. The minimum absolute atomic E-state index is 0.000826. The van der Waals surface area contributed by atoms with Crippen molar-refractivity contribution in [2.45, 2.75) is 25.3 Å². The number of rotatable bonds is 5. The Morgan fingerprint density at radius 1 is 1.38 bits per heavy atom. The molecule has 1 amide bonds. The van der Waals surface area contributed by atoms with Gasteiger partial charge in [-0.3, -0.25) is 10.5 Å². The lowest BCUT2D eigenvalue weighted by Gasteiger charge is -2.40. The summed E-state index contributed by atoms with van der Waals surface area (Å²) in [6.45, 7) is -2.45. The van der Waals surface area contributed by atoms with Gasteiger partial charge in [0.2, 0.25) is 5.91 Å². The van der Waals surface area contributed by atoms with E-state index in [1.807, 2.05) is 0 Å². The number of hydrogen-bond acceptors (Lipinski definition) is 8. The first-order chi connectivity index (χ1) is 13.7. The molecule has 0 saturated carbocycles. The number of anilines is 1. The number of aryl methyl sites for hydroxylation is 1. The van der Waals surface area contributed by atoms with Crippen LogP contribution in [0.2, 0.25) is 6.32 Å². The molecule has 29 heavy (non-hydrogen) atoms. The van der Waals surface area contributed by atoms with Gasteiger partial charge in [-0.25, -0.2) is 9.78 Å². The maximum Gasteiger partial charge on any atom is 0.430 e. The van der Waals surface area contributed by atoms with Gasteiger partial charge in [-0.05, 0) is 18.1 Å². The van der Waals surface area contributed by atoms with E-state index >= 15 is 0 Å². The van der Waals surface area contributed by atoms with E-state index in [2.05, 4.69) is 4.98 Å². The molecule has 0 atom stereocenters. The highest BCUT2D eigenvalue weighted by Gasteiger charge is 2.36. The number of benzene rings is 1. The third-order valence-corrected chi connectivity index (χ3v) is 5.72. The number of nitrogen functional groups attached to an aromatic ring is 1. The third kappa shape index (κ3) is 4.00. The van der Waals surface area contributed by atoms with Gasteiger partial charge >= 0.3 is 17.9 Å². The number of aromatic nitrogens is 1. The normalized spacial score (nSPS) is 17.8. The van der Waals surface area contributed by atoms with Gasteiger partial charge in [0, 0.05) is 5.38 Å². The van der Waals surface area contributed by atoms with E-state index in [1.165, 1.54) is 17.4 Å². The Kier molecular flexibility index (Phi) is 4.85. The number of fused-ring (bicyclic) bond motifs is 1. The van der Waals surface area contributed by atoms with Crippen molar-refractivity contribution in [1.29, 1.82) is 0 Å². The number of aromatic carboxylic acids is 1. The number of carboxylic acids is 1. The van der Waals surface area contributed by atoms with Crippen molar-refractivity contribution in [2.24, 2.45) is 0 Å². The molecule has 0 aliphatic carbocycles. The molecule has 0 bridgehead atoms. The minimum atomic E-state index is -3.09. The van der Waals surface area contributed by atoms with E-state index in [-0.39, 0.29) is 41.8 Å². The first-order valence-corrected chi connectivity index (χ1v) is 9.98. The molecule has 154 valence electrons. The van der Waals surface area contributed by atoms with Crippen molar-refractivity contribution < 1.29 is 39.1 Å². The van der Waals surface area contributed by atoms with Crippen LogP contribution < -0.4 is 20.1 Å². The molecular formula is C17H20BN3O7S. The molecule has 0 unspecified atom stereocenters. The van der Waals surface area contributed by atoms with Crippen LogP contribution in [-0.2, 0) is 17.6 Å². The van der Waals surface area contributed by atoms with Gasteiger partial charge in [-0.1, -0.05) is 23.7 Å². The maximum atomic E-state index is 12.3. The Hall–Kier alpha value is -2.83. The second-order valence-electron chi connectivity index (χ2n) is 7.21. The monoisotopic (exact) mass is 421 g/mol. The van der Waals surface area contributed by atoms with E-state index in [9.17, 15) is 24.7 Å². The van der Waals surface area contributed by atoms with Crippen LogP contribution in [0.5, 0.6) is 11.5 Å². The minimum Gasteiger partial charge on any atom is -0.669 e. The van der Waals surface area contributed by atoms with Gasteiger partial charge in [0.1, 0.15) is 23.1 Å². The molecule has 12 heteroatoms. The van der Waals surface area contributed by atoms with Crippen LogP contribution in [0.15, 0.2) is 17.5 Å². The molecule has 2 aliphatic rings. The number of aromatic amines is 1. The van der Waals surface area contributed by atoms with Crippen LogP contribution >= 0.6 is 11.3 Å². The van der Waals surface area contributed by atoms with Crippen molar-refractivity contribution in [2.75, 3.05) is 18.8 Å². The molecule has 1 saturated heterocycles. The van der Waals surface area contributed by atoms with Gasteiger partial charge < -0.3 is 29.4 Å².